The number of aliphatic hydroxyl groups excluding tert-OH is 1. The first kappa shape index (κ1) is 14.1. The van der Waals surface area contributed by atoms with Crippen LogP contribution in [0.15, 0.2) is 41.4 Å². The third-order valence-corrected chi connectivity index (χ3v) is 3.84. The van der Waals surface area contributed by atoms with E-state index in [1.54, 1.807) is 18.3 Å². The van der Waals surface area contributed by atoms with Crippen LogP contribution in [0.3, 0.4) is 0 Å². The van der Waals surface area contributed by atoms with Gasteiger partial charge in [0.05, 0.1) is 5.69 Å². The third kappa shape index (κ3) is 3.81. The van der Waals surface area contributed by atoms with E-state index in [0.717, 1.165) is 23.6 Å². The molecule has 0 fully saturated rings. The molecule has 0 saturated carbocycles. The summed E-state index contributed by atoms with van der Waals surface area (Å²) in [5, 5.41) is 14.4. The zero-order valence-corrected chi connectivity index (χ0v) is 11.6. The summed E-state index contributed by atoms with van der Waals surface area (Å²) in [5.41, 5.74) is 0.830. The summed E-state index contributed by atoms with van der Waals surface area (Å²) in [6.45, 7) is 2.88. The Morgan fingerprint density at radius 3 is 2.74 bits per heavy atom. The minimum Gasteiger partial charge on any atom is -0.386 e. The molecule has 102 valence electrons. The van der Waals surface area contributed by atoms with Gasteiger partial charge in [-0.25, -0.2) is 4.39 Å². The first-order valence-electron chi connectivity index (χ1n) is 6.29. The Labute approximate surface area is 116 Å². The highest BCUT2D eigenvalue weighted by molar-refractivity contribution is 7.99. The monoisotopic (exact) mass is 280 g/mol. The number of aromatic nitrogens is 2. The maximum atomic E-state index is 12.8. The molecule has 5 heteroatoms. The molecule has 1 unspecified atom stereocenters. The second-order valence-corrected chi connectivity index (χ2v) is 5.35. The third-order valence-electron chi connectivity index (χ3n) is 2.75. The maximum absolute atomic E-state index is 12.8. The first-order valence-corrected chi connectivity index (χ1v) is 7.27. The van der Waals surface area contributed by atoms with Crippen molar-refractivity contribution in [3.05, 3.63) is 48.0 Å². The normalized spacial score (nSPS) is 12.6. The molecule has 0 amide bonds. The minimum absolute atomic E-state index is 0.245. The molecule has 1 heterocycles. The Kier molecular flexibility index (Phi) is 4.99. The van der Waals surface area contributed by atoms with Gasteiger partial charge in [0.25, 0.3) is 0 Å². The number of nitrogens with zero attached hydrogens (tertiary/aromatic N) is 2. The van der Waals surface area contributed by atoms with E-state index in [9.17, 15) is 9.50 Å². The predicted octanol–water partition coefficient (Wildman–Crippen LogP) is 3.26. The van der Waals surface area contributed by atoms with Crippen molar-refractivity contribution in [1.29, 1.82) is 0 Å². The van der Waals surface area contributed by atoms with E-state index in [4.69, 9.17) is 0 Å². The van der Waals surface area contributed by atoms with Crippen molar-refractivity contribution in [2.45, 2.75) is 30.9 Å². The Morgan fingerprint density at radius 1 is 1.32 bits per heavy atom. The molecule has 0 aliphatic heterocycles. The molecule has 2 aromatic rings. The van der Waals surface area contributed by atoms with Crippen molar-refractivity contribution >= 4 is 11.8 Å². The van der Waals surface area contributed by atoms with Crippen LogP contribution in [0.2, 0.25) is 0 Å². The van der Waals surface area contributed by atoms with E-state index in [1.165, 1.54) is 23.9 Å². The molecule has 19 heavy (non-hydrogen) atoms. The maximum Gasteiger partial charge on any atom is 0.123 e. The Bertz CT molecular complexity index is 512. The minimum atomic E-state index is -0.566. The van der Waals surface area contributed by atoms with Gasteiger partial charge in [-0.3, -0.25) is 4.68 Å². The van der Waals surface area contributed by atoms with E-state index in [-0.39, 0.29) is 5.82 Å². The smallest absolute Gasteiger partial charge is 0.123 e. The number of aliphatic hydroxyl groups is 1. The van der Waals surface area contributed by atoms with E-state index >= 15 is 0 Å². The number of hydrogen-bond acceptors (Lipinski definition) is 3. The molecule has 3 nitrogen and oxygen atoms in total. The second kappa shape index (κ2) is 6.73. The van der Waals surface area contributed by atoms with Gasteiger partial charge < -0.3 is 5.11 Å². The summed E-state index contributed by atoms with van der Waals surface area (Å²) >= 11 is 1.50. The summed E-state index contributed by atoms with van der Waals surface area (Å²) in [5.74, 6) is 0.284. The molecule has 0 saturated heterocycles. The summed E-state index contributed by atoms with van der Waals surface area (Å²) in [6.07, 6.45) is 2.12. The van der Waals surface area contributed by atoms with Crippen LogP contribution in [-0.2, 0) is 6.54 Å². The average molecular weight is 280 g/mol. The second-order valence-electron chi connectivity index (χ2n) is 4.26. The summed E-state index contributed by atoms with van der Waals surface area (Å²) in [4.78, 5) is 0.946. The van der Waals surface area contributed by atoms with E-state index in [0.29, 0.717) is 5.75 Å². The average Bonchev–Trinajstić information content (AvgIpc) is 2.86. The molecule has 1 aromatic carbocycles. The van der Waals surface area contributed by atoms with Crippen LogP contribution < -0.4 is 0 Å². The van der Waals surface area contributed by atoms with Crippen LogP contribution in [0.25, 0.3) is 0 Å². The molecular weight excluding hydrogens is 263 g/mol. The number of halogens is 1. The predicted molar refractivity (Wildman–Crippen MR) is 74.6 cm³/mol. The fraction of sp³-hybridized carbons (Fsp3) is 0.357. The zero-order chi connectivity index (χ0) is 13.7. The van der Waals surface area contributed by atoms with Gasteiger partial charge in [-0.15, -0.1) is 11.8 Å². The molecule has 0 aliphatic rings. The van der Waals surface area contributed by atoms with Crippen LogP contribution in [0.5, 0.6) is 0 Å². The Hall–Kier alpha value is -1.33. The number of benzene rings is 1. The highest BCUT2D eigenvalue weighted by Gasteiger charge is 2.13. The van der Waals surface area contributed by atoms with Gasteiger partial charge in [-0.2, -0.15) is 5.10 Å². The lowest BCUT2D eigenvalue weighted by molar-refractivity contribution is 0.191. The lowest BCUT2D eigenvalue weighted by Gasteiger charge is -2.12. The van der Waals surface area contributed by atoms with Gasteiger partial charge >= 0.3 is 0 Å². The van der Waals surface area contributed by atoms with Gasteiger partial charge in [0, 0.05) is 23.4 Å². The van der Waals surface area contributed by atoms with E-state index in [2.05, 4.69) is 12.0 Å². The van der Waals surface area contributed by atoms with Crippen molar-refractivity contribution in [1.82, 2.24) is 9.78 Å². The SMILES string of the molecule is CCCn1nccc1C(O)CSc1ccc(F)cc1. The van der Waals surface area contributed by atoms with Gasteiger partial charge in [0.2, 0.25) is 0 Å². The number of thioether (sulfide) groups is 1. The van der Waals surface area contributed by atoms with E-state index < -0.39 is 6.10 Å². The summed E-state index contributed by atoms with van der Waals surface area (Å²) < 4.78 is 14.6. The number of rotatable bonds is 6. The van der Waals surface area contributed by atoms with Crippen molar-refractivity contribution in [2.24, 2.45) is 0 Å². The fourth-order valence-electron chi connectivity index (χ4n) is 1.82. The molecule has 0 spiro atoms. The highest BCUT2D eigenvalue weighted by atomic mass is 32.2. The number of hydrogen-bond donors (Lipinski definition) is 1. The van der Waals surface area contributed by atoms with Gasteiger partial charge in [0.15, 0.2) is 0 Å². The largest absolute Gasteiger partial charge is 0.386 e. The highest BCUT2D eigenvalue weighted by Crippen LogP contribution is 2.24. The van der Waals surface area contributed by atoms with Crippen LogP contribution in [0.1, 0.15) is 25.1 Å². The Morgan fingerprint density at radius 2 is 2.05 bits per heavy atom. The van der Waals surface area contributed by atoms with Crippen molar-refractivity contribution < 1.29 is 9.50 Å². The Balaban J connectivity index is 1.95. The first-order chi connectivity index (χ1) is 9.20. The molecule has 1 N–H and O–H groups in total. The van der Waals surface area contributed by atoms with E-state index in [1.807, 2.05) is 10.7 Å². The van der Waals surface area contributed by atoms with Crippen molar-refractivity contribution in [3.63, 3.8) is 0 Å². The zero-order valence-electron chi connectivity index (χ0n) is 10.8. The van der Waals surface area contributed by atoms with Crippen molar-refractivity contribution in [3.8, 4) is 0 Å². The lowest BCUT2D eigenvalue weighted by Crippen LogP contribution is -2.10. The molecule has 0 radical (unpaired) electrons. The van der Waals surface area contributed by atoms with Crippen LogP contribution in [0.4, 0.5) is 4.39 Å². The fourth-order valence-corrected chi connectivity index (χ4v) is 2.67. The van der Waals surface area contributed by atoms with Gasteiger partial charge in [-0.1, -0.05) is 6.92 Å². The van der Waals surface area contributed by atoms with Crippen LogP contribution in [0, 0.1) is 5.82 Å². The number of aryl methyl sites for hydroxylation is 1. The molecule has 0 bridgehead atoms. The lowest BCUT2D eigenvalue weighted by atomic mass is 10.3. The van der Waals surface area contributed by atoms with Gasteiger partial charge in [0.1, 0.15) is 11.9 Å². The standard InChI is InChI=1S/C14H17FN2OS/c1-2-9-17-13(7-8-16-17)14(18)10-19-12-5-3-11(15)4-6-12/h3-8,14,18H,2,9-10H2,1H3. The van der Waals surface area contributed by atoms with Crippen molar-refractivity contribution in [2.75, 3.05) is 5.75 Å². The topological polar surface area (TPSA) is 38.0 Å². The quantitative estimate of drug-likeness (QED) is 0.825. The van der Waals surface area contributed by atoms with Crippen LogP contribution >= 0.6 is 11.8 Å². The molecule has 2 rings (SSSR count). The van der Waals surface area contributed by atoms with Crippen LogP contribution in [-0.4, -0.2) is 20.6 Å². The molecular formula is C14H17FN2OS. The van der Waals surface area contributed by atoms with Gasteiger partial charge in [-0.05, 0) is 36.8 Å². The summed E-state index contributed by atoms with van der Waals surface area (Å²) in [7, 11) is 0. The summed E-state index contributed by atoms with van der Waals surface area (Å²) in [6, 6.07) is 8.13. The molecule has 1 atom stereocenters. The molecule has 0 aliphatic carbocycles. The molecule has 1 aromatic heterocycles.